The van der Waals surface area contributed by atoms with Crippen molar-refractivity contribution in [1.29, 1.82) is 0 Å². The lowest BCUT2D eigenvalue weighted by molar-refractivity contribution is 0.262. The minimum Gasteiger partial charge on any atom is -0.421 e. The smallest absolute Gasteiger partial charge is 0.362 e. The van der Waals surface area contributed by atoms with Crippen LogP contribution in [0.3, 0.4) is 0 Å². The molecule has 0 aliphatic heterocycles. The topological polar surface area (TPSA) is 83.4 Å². The SMILES string of the molecule is Cc1cc(C)cc(NC(=O)Nc2c(NC3CCCC3)c3ccccc3oc2=O)c1. The fraction of sp³-hybridized carbons (Fsp3) is 0.304. The Hall–Kier alpha value is -3.28. The summed E-state index contributed by atoms with van der Waals surface area (Å²) < 4.78 is 5.45. The van der Waals surface area contributed by atoms with Crippen LogP contribution in [-0.4, -0.2) is 12.1 Å². The molecule has 6 heteroatoms. The Bertz CT molecular complexity index is 1090. The lowest BCUT2D eigenvalue weighted by Crippen LogP contribution is -2.26. The quantitative estimate of drug-likeness (QED) is 0.519. The molecule has 6 nitrogen and oxygen atoms in total. The number of benzene rings is 2. The molecule has 1 aliphatic rings. The fourth-order valence-corrected chi connectivity index (χ4v) is 4.01. The van der Waals surface area contributed by atoms with E-state index in [1.165, 1.54) is 0 Å². The summed E-state index contributed by atoms with van der Waals surface area (Å²) in [5.74, 6) is 0. The molecule has 1 heterocycles. The third kappa shape index (κ3) is 4.26. The van der Waals surface area contributed by atoms with E-state index in [2.05, 4.69) is 16.0 Å². The molecule has 3 aromatic rings. The molecule has 0 bridgehead atoms. The number of anilines is 3. The van der Waals surface area contributed by atoms with Gasteiger partial charge in [0.15, 0.2) is 5.69 Å². The molecule has 150 valence electrons. The second-order valence-corrected chi connectivity index (χ2v) is 7.72. The first-order valence-electron chi connectivity index (χ1n) is 9.98. The molecule has 0 atom stereocenters. The number of carbonyl (C=O) groups excluding carboxylic acids is 1. The zero-order valence-corrected chi connectivity index (χ0v) is 16.7. The summed E-state index contributed by atoms with van der Waals surface area (Å²) in [4.78, 5) is 25.3. The second kappa shape index (κ2) is 7.99. The average Bonchev–Trinajstić information content (AvgIpc) is 3.17. The number of nitrogens with one attached hydrogen (secondary N) is 3. The normalized spacial score (nSPS) is 14.1. The summed E-state index contributed by atoms with van der Waals surface area (Å²) >= 11 is 0. The molecule has 2 amide bonds. The van der Waals surface area contributed by atoms with E-state index in [9.17, 15) is 9.59 Å². The number of hydrogen-bond acceptors (Lipinski definition) is 4. The first kappa shape index (κ1) is 19.1. The van der Waals surface area contributed by atoms with Crippen LogP contribution in [0.5, 0.6) is 0 Å². The van der Waals surface area contributed by atoms with Gasteiger partial charge in [-0.15, -0.1) is 0 Å². The Morgan fingerprint density at radius 2 is 1.66 bits per heavy atom. The van der Waals surface area contributed by atoms with E-state index in [0.29, 0.717) is 17.0 Å². The van der Waals surface area contributed by atoms with Crippen molar-refractivity contribution in [1.82, 2.24) is 0 Å². The Labute approximate surface area is 169 Å². The van der Waals surface area contributed by atoms with Gasteiger partial charge < -0.3 is 15.1 Å². The van der Waals surface area contributed by atoms with Gasteiger partial charge in [-0.1, -0.05) is 31.0 Å². The number of carbonyl (C=O) groups is 1. The third-order valence-corrected chi connectivity index (χ3v) is 5.23. The van der Waals surface area contributed by atoms with E-state index in [4.69, 9.17) is 4.42 Å². The molecule has 29 heavy (non-hydrogen) atoms. The monoisotopic (exact) mass is 391 g/mol. The molecule has 1 aromatic heterocycles. The van der Waals surface area contributed by atoms with Crippen molar-refractivity contribution in [3.8, 4) is 0 Å². The highest BCUT2D eigenvalue weighted by Gasteiger charge is 2.21. The van der Waals surface area contributed by atoms with Gasteiger partial charge in [-0.05, 0) is 62.1 Å². The number of urea groups is 1. The molecule has 3 N–H and O–H groups in total. The number of hydrogen-bond donors (Lipinski definition) is 3. The van der Waals surface area contributed by atoms with Crippen LogP contribution in [0.4, 0.5) is 21.9 Å². The zero-order valence-electron chi connectivity index (χ0n) is 16.7. The van der Waals surface area contributed by atoms with E-state index in [-0.39, 0.29) is 11.7 Å². The van der Waals surface area contributed by atoms with Crippen LogP contribution in [0.25, 0.3) is 11.0 Å². The summed E-state index contributed by atoms with van der Waals surface area (Å²) in [6.45, 7) is 3.94. The van der Waals surface area contributed by atoms with Gasteiger partial charge in [-0.2, -0.15) is 0 Å². The minimum atomic E-state index is -0.570. The van der Waals surface area contributed by atoms with Gasteiger partial charge in [0.2, 0.25) is 0 Å². The van der Waals surface area contributed by atoms with E-state index >= 15 is 0 Å². The number of fused-ring (bicyclic) bond motifs is 1. The van der Waals surface area contributed by atoms with E-state index in [1.807, 2.05) is 50.2 Å². The first-order valence-corrected chi connectivity index (χ1v) is 9.98. The molecule has 4 rings (SSSR count). The van der Waals surface area contributed by atoms with E-state index in [1.54, 1.807) is 6.07 Å². The number of rotatable bonds is 4. The Morgan fingerprint density at radius 1 is 0.966 bits per heavy atom. The van der Waals surface area contributed by atoms with Gasteiger partial charge in [0, 0.05) is 17.1 Å². The Balaban J connectivity index is 1.67. The highest BCUT2D eigenvalue weighted by molar-refractivity contribution is 6.05. The van der Waals surface area contributed by atoms with Crippen LogP contribution < -0.4 is 21.6 Å². The summed E-state index contributed by atoms with van der Waals surface area (Å²) in [6, 6.07) is 13.0. The van der Waals surface area contributed by atoms with Crippen LogP contribution >= 0.6 is 0 Å². The van der Waals surface area contributed by atoms with Crippen LogP contribution in [0.2, 0.25) is 0 Å². The molecule has 1 aliphatic carbocycles. The Morgan fingerprint density at radius 3 is 2.38 bits per heavy atom. The van der Waals surface area contributed by atoms with Crippen LogP contribution in [-0.2, 0) is 0 Å². The highest BCUT2D eigenvalue weighted by atomic mass is 16.4. The minimum absolute atomic E-state index is 0.137. The molecule has 0 unspecified atom stereocenters. The molecule has 0 saturated heterocycles. The van der Waals surface area contributed by atoms with Crippen molar-refractivity contribution in [2.75, 3.05) is 16.0 Å². The summed E-state index contributed by atoms with van der Waals surface area (Å²) in [6.07, 6.45) is 4.41. The largest absolute Gasteiger partial charge is 0.421 e. The van der Waals surface area contributed by atoms with Crippen LogP contribution in [0, 0.1) is 13.8 Å². The van der Waals surface area contributed by atoms with Gasteiger partial charge >= 0.3 is 11.7 Å². The maximum atomic E-state index is 12.7. The molecule has 2 aromatic carbocycles. The van der Waals surface area contributed by atoms with Gasteiger partial charge in [-0.3, -0.25) is 5.32 Å². The predicted molar refractivity (Wildman–Crippen MR) is 117 cm³/mol. The lowest BCUT2D eigenvalue weighted by atomic mass is 10.1. The predicted octanol–water partition coefficient (Wildman–Crippen LogP) is 5.41. The maximum Gasteiger partial charge on any atom is 0.362 e. The van der Waals surface area contributed by atoms with Crippen molar-refractivity contribution in [3.05, 3.63) is 64.0 Å². The van der Waals surface area contributed by atoms with Crippen molar-refractivity contribution in [2.45, 2.75) is 45.6 Å². The standard InChI is InChI=1S/C23H25N3O3/c1-14-11-15(2)13-17(12-14)25-23(28)26-21-20(24-16-7-3-4-8-16)18-9-5-6-10-19(18)29-22(21)27/h5-6,9-13,16,24H,3-4,7-8H2,1-2H3,(H2,25,26,28). The summed E-state index contributed by atoms with van der Waals surface area (Å²) in [7, 11) is 0. The molecule has 0 radical (unpaired) electrons. The number of amides is 2. The van der Waals surface area contributed by atoms with Gasteiger partial charge in [0.1, 0.15) is 5.58 Å². The van der Waals surface area contributed by atoms with Crippen LogP contribution in [0.1, 0.15) is 36.8 Å². The van der Waals surface area contributed by atoms with Crippen molar-refractivity contribution < 1.29 is 9.21 Å². The molecule has 0 spiro atoms. The average molecular weight is 391 g/mol. The van der Waals surface area contributed by atoms with Crippen molar-refractivity contribution >= 4 is 34.1 Å². The lowest BCUT2D eigenvalue weighted by Gasteiger charge is -2.19. The van der Waals surface area contributed by atoms with Crippen molar-refractivity contribution in [3.63, 3.8) is 0 Å². The number of para-hydroxylation sites is 1. The number of aryl methyl sites for hydroxylation is 2. The first-order chi connectivity index (χ1) is 14.0. The van der Waals surface area contributed by atoms with E-state index < -0.39 is 11.7 Å². The Kier molecular flexibility index (Phi) is 5.25. The fourth-order valence-electron chi connectivity index (χ4n) is 4.01. The summed E-state index contributed by atoms with van der Waals surface area (Å²) in [5, 5.41) is 9.78. The third-order valence-electron chi connectivity index (χ3n) is 5.23. The molecular weight excluding hydrogens is 366 g/mol. The van der Waals surface area contributed by atoms with Gasteiger partial charge in [0.05, 0.1) is 5.69 Å². The molecule has 1 saturated carbocycles. The zero-order chi connectivity index (χ0) is 20.4. The van der Waals surface area contributed by atoms with Gasteiger partial charge in [-0.25, -0.2) is 9.59 Å². The summed E-state index contributed by atoms with van der Waals surface area (Å²) in [5.41, 5.74) is 3.47. The molecular formula is C23H25N3O3. The maximum absolute atomic E-state index is 12.7. The van der Waals surface area contributed by atoms with Gasteiger partial charge in [0.25, 0.3) is 0 Å². The van der Waals surface area contributed by atoms with Crippen molar-refractivity contribution in [2.24, 2.45) is 0 Å². The molecule has 1 fully saturated rings. The van der Waals surface area contributed by atoms with E-state index in [0.717, 1.165) is 42.2 Å². The van der Waals surface area contributed by atoms with Crippen LogP contribution in [0.15, 0.2) is 51.7 Å². The second-order valence-electron chi connectivity index (χ2n) is 7.72. The highest BCUT2D eigenvalue weighted by Crippen LogP contribution is 2.32.